The molecule has 0 bridgehead atoms. The quantitative estimate of drug-likeness (QED) is 0.799. The van der Waals surface area contributed by atoms with Crippen LogP contribution < -0.4 is 4.72 Å². The van der Waals surface area contributed by atoms with Gasteiger partial charge in [-0.2, -0.15) is 0 Å². The Balaban J connectivity index is 1.88. The summed E-state index contributed by atoms with van der Waals surface area (Å²) in [6, 6.07) is 14.1. The Morgan fingerprint density at radius 3 is 2.52 bits per heavy atom. The summed E-state index contributed by atoms with van der Waals surface area (Å²) in [5.74, 6) is 0.255. The van der Waals surface area contributed by atoms with Gasteiger partial charge in [0.1, 0.15) is 0 Å². The fourth-order valence-corrected chi connectivity index (χ4v) is 4.32. The lowest BCUT2D eigenvalue weighted by atomic mass is 10.1. The van der Waals surface area contributed by atoms with Crippen molar-refractivity contribution in [3.8, 4) is 11.1 Å². The molecule has 0 spiro atoms. The molecule has 0 saturated heterocycles. The number of nitrogens with one attached hydrogen (secondary N) is 1. The van der Waals surface area contributed by atoms with Gasteiger partial charge in [-0.15, -0.1) is 0 Å². The summed E-state index contributed by atoms with van der Waals surface area (Å²) in [7, 11) is -3.27. The minimum atomic E-state index is -3.27. The lowest BCUT2D eigenvalue weighted by molar-refractivity contribution is 0.587. The lowest BCUT2D eigenvalue weighted by Gasteiger charge is -2.11. The van der Waals surface area contributed by atoms with Crippen LogP contribution in [0.15, 0.2) is 42.5 Å². The number of hydrogen-bond acceptors (Lipinski definition) is 2. The zero-order chi connectivity index (χ0) is 15.0. The molecule has 1 aliphatic rings. The van der Waals surface area contributed by atoms with Crippen LogP contribution in [0.2, 0.25) is 0 Å². The molecule has 2 aromatic carbocycles. The van der Waals surface area contributed by atoms with Gasteiger partial charge in [-0.1, -0.05) is 44.2 Å². The van der Waals surface area contributed by atoms with Gasteiger partial charge < -0.3 is 0 Å². The molecule has 1 N–H and O–H groups in total. The number of anilines is 1. The molecule has 4 heteroatoms. The first kappa shape index (κ1) is 14.1. The highest BCUT2D eigenvalue weighted by molar-refractivity contribution is 7.92. The van der Waals surface area contributed by atoms with Crippen LogP contribution in [-0.4, -0.2) is 14.2 Å². The zero-order valence-electron chi connectivity index (χ0n) is 12.3. The first-order valence-electron chi connectivity index (χ1n) is 7.16. The molecule has 3 nitrogen and oxygen atoms in total. The Morgan fingerprint density at radius 2 is 1.76 bits per heavy atom. The normalized spacial score (nSPS) is 13.1. The van der Waals surface area contributed by atoms with E-state index in [1.807, 2.05) is 44.2 Å². The maximum Gasteiger partial charge on any atom is 0.232 e. The van der Waals surface area contributed by atoms with Gasteiger partial charge in [0.2, 0.25) is 10.0 Å². The monoisotopic (exact) mass is 301 g/mol. The predicted molar refractivity (Wildman–Crippen MR) is 86.9 cm³/mol. The Morgan fingerprint density at radius 1 is 1.05 bits per heavy atom. The van der Waals surface area contributed by atoms with E-state index in [9.17, 15) is 8.42 Å². The molecule has 110 valence electrons. The van der Waals surface area contributed by atoms with Crippen molar-refractivity contribution in [3.63, 3.8) is 0 Å². The highest BCUT2D eigenvalue weighted by Gasteiger charge is 2.19. The maximum atomic E-state index is 12.0. The van der Waals surface area contributed by atoms with Crippen molar-refractivity contribution in [3.05, 3.63) is 53.6 Å². The Labute approximate surface area is 126 Å². The average Bonchev–Trinajstić information content (AvgIpc) is 2.73. The summed E-state index contributed by atoms with van der Waals surface area (Å²) in [4.78, 5) is 0. The SMILES string of the molecule is CC(C)CS(=O)(=O)Nc1ccc2c(c1)Cc1ccccc1-2. The summed E-state index contributed by atoms with van der Waals surface area (Å²) in [5, 5.41) is 0. The van der Waals surface area contributed by atoms with Crippen LogP contribution in [0.3, 0.4) is 0 Å². The fourth-order valence-electron chi connectivity index (χ4n) is 2.87. The number of hydrogen-bond donors (Lipinski definition) is 1. The third-order valence-electron chi connectivity index (χ3n) is 3.62. The zero-order valence-corrected chi connectivity index (χ0v) is 13.1. The van der Waals surface area contributed by atoms with Crippen LogP contribution >= 0.6 is 0 Å². The van der Waals surface area contributed by atoms with Gasteiger partial charge >= 0.3 is 0 Å². The van der Waals surface area contributed by atoms with E-state index in [1.54, 1.807) is 0 Å². The average molecular weight is 301 g/mol. The van der Waals surface area contributed by atoms with Crippen LogP contribution in [0, 0.1) is 5.92 Å². The minimum Gasteiger partial charge on any atom is -0.284 e. The summed E-state index contributed by atoms with van der Waals surface area (Å²) in [6.07, 6.45) is 0.866. The first-order valence-corrected chi connectivity index (χ1v) is 8.81. The first-order chi connectivity index (χ1) is 9.94. The van der Waals surface area contributed by atoms with Crippen molar-refractivity contribution in [2.45, 2.75) is 20.3 Å². The van der Waals surface area contributed by atoms with E-state index < -0.39 is 10.0 Å². The molecule has 0 heterocycles. The molecule has 0 aliphatic heterocycles. The van der Waals surface area contributed by atoms with E-state index in [0.717, 1.165) is 6.42 Å². The Hall–Kier alpha value is -1.81. The number of sulfonamides is 1. The third kappa shape index (κ3) is 2.95. The molecule has 0 saturated carbocycles. The number of fused-ring (bicyclic) bond motifs is 3. The third-order valence-corrected chi connectivity index (χ3v) is 5.27. The molecule has 3 rings (SSSR count). The number of rotatable bonds is 4. The van der Waals surface area contributed by atoms with Crippen LogP contribution in [0.1, 0.15) is 25.0 Å². The minimum absolute atomic E-state index is 0.112. The predicted octanol–water partition coefficient (Wildman–Crippen LogP) is 3.66. The molecule has 0 aromatic heterocycles. The molecular formula is C17H19NO2S. The van der Waals surface area contributed by atoms with E-state index in [1.165, 1.54) is 22.3 Å². The highest BCUT2D eigenvalue weighted by atomic mass is 32.2. The molecule has 0 fully saturated rings. The van der Waals surface area contributed by atoms with Crippen LogP contribution in [0.25, 0.3) is 11.1 Å². The summed E-state index contributed by atoms with van der Waals surface area (Å²) >= 11 is 0. The highest BCUT2D eigenvalue weighted by Crippen LogP contribution is 2.37. The molecule has 21 heavy (non-hydrogen) atoms. The largest absolute Gasteiger partial charge is 0.284 e. The second kappa shape index (κ2) is 5.19. The molecule has 2 aromatic rings. The van der Waals surface area contributed by atoms with Gasteiger partial charge in [0.05, 0.1) is 5.75 Å². The maximum absolute atomic E-state index is 12.0. The second-order valence-corrected chi connectivity index (χ2v) is 7.75. The summed E-state index contributed by atoms with van der Waals surface area (Å²) < 4.78 is 26.7. The Kier molecular flexibility index (Phi) is 3.49. The molecular weight excluding hydrogens is 282 g/mol. The van der Waals surface area contributed by atoms with Crippen molar-refractivity contribution in [2.24, 2.45) is 5.92 Å². The summed E-state index contributed by atoms with van der Waals surface area (Å²) in [6.45, 7) is 3.80. The van der Waals surface area contributed by atoms with Gasteiger partial charge in [0.15, 0.2) is 0 Å². The van der Waals surface area contributed by atoms with Crippen molar-refractivity contribution in [1.82, 2.24) is 0 Å². The van der Waals surface area contributed by atoms with E-state index in [2.05, 4.69) is 16.9 Å². The van der Waals surface area contributed by atoms with Crippen molar-refractivity contribution < 1.29 is 8.42 Å². The van der Waals surface area contributed by atoms with Gasteiger partial charge in [-0.05, 0) is 46.7 Å². The summed E-state index contributed by atoms with van der Waals surface area (Å²) in [5.41, 5.74) is 5.60. The second-order valence-electron chi connectivity index (χ2n) is 5.98. The van der Waals surface area contributed by atoms with Gasteiger partial charge in [-0.25, -0.2) is 8.42 Å². The van der Waals surface area contributed by atoms with Crippen molar-refractivity contribution >= 4 is 15.7 Å². The fraction of sp³-hybridized carbons (Fsp3) is 0.294. The van der Waals surface area contributed by atoms with E-state index in [-0.39, 0.29) is 11.7 Å². The van der Waals surface area contributed by atoms with Crippen LogP contribution in [-0.2, 0) is 16.4 Å². The smallest absolute Gasteiger partial charge is 0.232 e. The van der Waals surface area contributed by atoms with Crippen molar-refractivity contribution in [1.29, 1.82) is 0 Å². The molecule has 1 aliphatic carbocycles. The van der Waals surface area contributed by atoms with Crippen LogP contribution in [0.4, 0.5) is 5.69 Å². The van der Waals surface area contributed by atoms with E-state index in [4.69, 9.17) is 0 Å². The van der Waals surface area contributed by atoms with Gasteiger partial charge in [-0.3, -0.25) is 4.72 Å². The van der Waals surface area contributed by atoms with Gasteiger partial charge in [0, 0.05) is 5.69 Å². The lowest BCUT2D eigenvalue weighted by Crippen LogP contribution is -2.20. The van der Waals surface area contributed by atoms with Gasteiger partial charge in [0.25, 0.3) is 0 Å². The molecule has 0 atom stereocenters. The molecule has 0 radical (unpaired) electrons. The number of benzene rings is 2. The molecule has 0 unspecified atom stereocenters. The van der Waals surface area contributed by atoms with Crippen LogP contribution in [0.5, 0.6) is 0 Å². The topological polar surface area (TPSA) is 46.2 Å². The van der Waals surface area contributed by atoms with Crippen molar-refractivity contribution in [2.75, 3.05) is 10.5 Å². The standard InChI is InChI=1S/C17H19NO2S/c1-12(2)11-21(19,20)18-15-7-8-17-14(10-15)9-13-5-3-4-6-16(13)17/h3-8,10,12,18H,9,11H2,1-2H3. The Bertz CT molecular complexity index is 779. The van der Waals surface area contributed by atoms with E-state index >= 15 is 0 Å². The van der Waals surface area contributed by atoms with E-state index in [0.29, 0.717) is 5.69 Å². The molecule has 0 amide bonds.